The zero-order valence-corrected chi connectivity index (χ0v) is 4.50. The molecule has 0 fully saturated rings. The van der Waals surface area contributed by atoms with Gasteiger partial charge in [-0.2, -0.15) is 0 Å². The van der Waals surface area contributed by atoms with Gasteiger partial charge >= 0.3 is 0 Å². The maximum Gasteiger partial charge on any atom is 0.266 e. The Morgan fingerprint density at radius 2 is 2.33 bits per heavy atom. The van der Waals surface area contributed by atoms with Crippen molar-refractivity contribution < 1.29 is 4.79 Å². The van der Waals surface area contributed by atoms with Crippen LogP contribution in [0.25, 0.3) is 0 Å². The van der Waals surface area contributed by atoms with E-state index < -0.39 is 0 Å². The maximum atomic E-state index is 10.4. The minimum Gasteiger partial charge on any atom is -0.317 e. The van der Waals surface area contributed by atoms with E-state index >= 15 is 0 Å². The lowest BCUT2D eigenvalue weighted by Crippen LogP contribution is -2.07. The molecule has 0 aliphatic rings. The predicted molar refractivity (Wildman–Crippen MR) is 30.2 cm³/mol. The van der Waals surface area contributed by atoms with Gasteiger partial charge in [-0.1, -0.05) is 0 Å². The van der Waals surface area contributed by atoms with E-state index in [-0.39, 0.29) is 11.3 Å². The number of carbonyl (C=O) groups is 1. The smallest absolute Gasteiger partial charge is 0.266 e. The van der Waals surface area contributed by atoms with Crippen molar-refractivity contribution >= 4 is 6.29 Å². The zero-order valence-electron chi connectivity index (χ0n) is 4.50. The van der Waals surface area contributed by atoms with E-state index in [0.717, 1.165) is 6.20 Å². The molecule has 0 radical (unpaired) electrons. The summed E-state index contributed by atoms with van der Waals surface area (Å²) in [6, 6.07) is 0. The van der Waals surface area contributed by atoms with Crippen LogP contribution >= 0.6 is 0 Å². The summed E-state index contributed by atoms with van der Waals surface area (Å²) in [7, 11) is 0. The van der Waals surface area contributed by atoms with Gasteiger partial charge in [0.15, 0.2) is 6.29 Å². The van der Waals surface area contributed by atoms with Crippen LogP contribution in [-0.4, -0.2) is 16.3 Å². The average Bonchev–Trinajstić information content (AvgIpc) is 1.88. The van der Waals surface area contributed by atoms with E-state index in [4.69, 9.17) is 0 Å². The molecule has 1 aromatic rings. The molecule has 0 saturated heterocycles. The third kappa shape index (κ3) is 1.22. The second-order valence-electron chi connectivity index (χ2n) is 1.47. The van der Waals surface area contributed by atoms with Crippen molar-refractivity contribution in [3.63, 3.8) is 0 Å². The Balaban J connectivity index is 3.23. The van der Waals surface area contributed by atoms with E-state index in [1.165, 1.54) is 6.20 Å². The number of aldehydes is 1. The lowest BCUT2D eigenvalue weighted by Gasteiger charge is -1.83. The first kappa shape index (κ1) is 5.68. The topological polar surface area (TPSA) is 62.8 Å². The fourth-order valence-electron chi connectivity index (χ4n) is 0.452. The number of hydrogen-bond acceptors (Lipinski definition) is 3. The first-order chi connectivity index (χ1) is 4.33. The van der Waals surface area contributed by atoms with Gasteiger partial charge in [-0.25, -0.2) is 0 Å². The van der Waals surface area contributed by atoms with E-state index in [1.54, 1.807) is 0 Å². The van der Waals surface area contributed by atoms with Crippen molar-refractivity contribution in [1.82, 2.24) is 9.97 Å². The number of carbonyl (C=O) groups excluding carboxylic acids is 1. The van der Waals surface area contributed by atoms with Crippen LogP contribution in [0.2, 0.25) is 0 Å². The lowest BCUT2D eigenvalue weighted by molar-refractivity contribution is 0.111. The number of aromatic nitrogens is 2. The highest BCUT2D eigenvalue weighted by Crippen LogP contribution is 1.76. The van der Waals surface area contributed by atoms with Crippen LogP contribution in [0.15, 0.2) is 17.2 Å². The first-order valence-corrected chi connectivity index (χ1v) is 2.32. The van der Waals surface area contributed by atoms with Crippen molar-refractivity contribution in [1.29, 1.82) is 0 Å². The molecule has 0 amide bonds. The number of nitrogens with one attached hydrogen (secondary N) is 1. The minimum absolute atomic E-state index is 0.197. The summed E-state index contributed by atoms with van der Waals surface area (Å²) in [4.78, 5) is 26.1. The van der Waals surface area contributed by atoms with Gasteiger partial charge in [-0.15, -0.1) is 0 Å². The van der Waals surface area contributed by atoms with E-state index in [9.17, 15) is 9.59 Å². The van der Waals surface area contributed by atoms with E-state index in [0.29, 0.717) is 6.29 Å². The molecule has 46 valence electrons. The van der Waals surface area contributed by atoms with Crippen molar-refractivity contribution in [2.45, 2.75) is 0 Å². The Bertz CT molecular complexity index is 266. The Morgan fingerprint density at radius 3 is 2.78 bits per heavy atom. The summed E-state index contributed by atoms with van der Waals surface area (Å²) in [6.07, 6.45) is 2.93. The molecule has 1 N–H and O–H groups in total. The SMILES string of the molecule is O=Cc1cncc(=O)[nH]1. The Labute approximate surface area is 50.6 Å². The standard InChI is InChI=1S/C5H4N2O2/c8-3-4-1-6-2-5(9)7-4/h1-3H,(H,7,9). The highest BCUT2D eigenvalue weighted by atomic mass is 16.1. The number of aromatic amines is 1. The molecule has 0 saturated carbocycles. The fraction of sp³-hybridized carbons (Fsp3) is 0. The molecule has 0 aliphatic heterocycles. The molecule has 1 rings (SSSR count). The molecule has 0 aromatic carbocycles. The summed E-state index contributed by atoms with van der Waals surface area (Å²) in [5, 5.41) is 0. The van der Waals surface area contributed by atoms with Crippen LogP contribution < -0.4 is 5.56 Å². The lowest BCUT2D eigenvalue weighted by atomic mass is 10.5. The van der Waals surface area contributed by atoms with Gasteiger partial charge in [-0.3, -0.25) is 14.6 Å². The van der Waals surface area contributed by atoms with Gasteiger partial charge in [0.05, 0.1) is 18.1 Å². The molecular weight excluding hydrogens is 120 g/mol. The monoisotopic (exact) mass is 124 g/mol. The number of rotatable bonds is 1. The number of H-pyrrole nitrogens is 1. The largest absolute Gasteiger partial charge is 0.317 e. The summed E-state index contributed by atoms with van der Waals surface area (Å²) in [5.74, 6) is 0. The molecule has 4 nitrogen and oxygen atoms in total. The zero-order chi connectivity index (χ0) is 6.69. The Hall–Kier alpha value is -1.45. The molecule has 0 atom stereocenters. The van der Waals surface area contributed by atoms with Crippen LogP contribution in [0.4, 0.5) is 0 Å². The van der Waals surface area contributed by atoms with E-state index in [2.05, 4.69) is 9.97 Å². The van der Waals surface area contributed by atoms with Gasteiger partial charge in [-0.05, 0) is 0 Å². The number of nitrogens with zero attached hydrogens (tertiary/aromatic N) is 1. The second-order valence-corrected chi connectivity index (χ2v) is 1.47. The van der Waals surface area contributed by atoms with Crippen LogP contribution in [-0.2, 0) is 0 Å². The normalized spacial score (nSPS) is 8.89. The Kier molecular flexibility index (Phi) is 1.40. The second kappa shape index (κ2) is 2.21. The van der Waals surface area contributed by atoms with Crippen molar-refractivity contribution in [2.75, 3.05) is 0 Å². The molecular formula is C5H4N2O2. The van der Waals surface area contributed by atoms with Crippen LogP contribution in [0.3, 0.4) is 0 Å². The third-order valence-corrected chi connectivity index (χ3v) is 0.800. The summed E-state index contributed by atoms with van der Waals surface area (Å²) in [5.41, 5.74) is -0.165. The van der Waals surface area contributed by atoms with Gasteiger partial charge in [0.1, 0.15) is 0 Å². The van der Waals surface area contributed by atoms with Gasteiger partial charge in [0.25, 0.3) is 5.56 Å². The van der Waals surface area contributed by atoms with Crippen molar-refractivity contribution in [3.05, 3.63) is 28.4 Å². The summed E-state index contributed by atoms with van der Waals surface area (Å²) in [6.45, 7) is 0. The summed E-state index contributed by atoms with van der Waals surface area (Å²) < 4.78 is 0. The number of hydrogen-bond donors (Lipinski definition) is 1. The summed E-state index contributed by atoms with van der Waals surface area (Å²) >= 11 is 0. The molecule has 0 spiro atoms. The molecule has 0 unspecified atom stereocenters. The van der Waals surface area contributed by atoms with Gasteiger partial charge in [0.2, 0.25) is 0 Å². The Morgan fingerprint density at radius 1 is 1.56 bits per heavy atom. The third-order valence-electron chi connectivity index (χ3n) is 0.800. The molecule has 0 aliphatic carbocycles. The van der Waals surface area contributed by atoms with Crippen molar-refractivity contribution in [2.24, 2.45) is 0 Å². The highest BCUT2D eigenvalue weighted by Gasteiger charge is 1.86. The minimum atomic E-state index is -0.361. The first-order valence-electron chi connectivity index (χ1n) is 2.32. The van der Waals surface area contributed by atoms with Gasteiger partial charge < -0.3 is 4.98 Å². The molecule has 1 heterocycles. The van der Waals surface area contributed by atoms with Crippen LogP contribution in [0.5, 0.6) is 0 Å². The molecule has 4 heteroatoms. The molecule has 9 heavy (non-hydrogen) atoms. The molecule has 0 bridgehead atoms. The van der Waals surface area contributed by atoms with Crippen molar-refractivity contribution in [3.8, 4) is 0 Å². The van der Waals surface area contributed by atoms with Gasteiger partial charge in [0, 0.05) is 0 Å². The molecule has 1 aromatic heterocycles. The van der Waals surface area contributed by atoms with Crippen LogP contribution in [0, 0.1) is 0 Å². The fourth-order valence-corrected chi connectivity index (χ4v) is 0.452. The van der Waals surface area contributed by atoms with Crippen LogP contribution in [0.1, 0.15) is 10.5 Å². The predicted octanol–water partition coefficient (Wildman–Crippen LogP) is -0.418. The highest BCUT2D eigenvalue weighted by molar-refractivity contribution is 5.70. The average molecular weight is 124 g/mol. The maximum absolute atomic E-state index is 10.4. The van der Waals surface area contributed by atoms with E-state index in [1.807, 2.05) is 0 Å². The quantitative estimate of drug-likeness (QED) is 0.517.